The first-order valence-corrected chi connectivity index (χ1v) is 10.2. The minimum Gasteiger partial charge on any atom is -0.344 e. The van der Waals surface area contributed by atoms with Crippen molar-refractivity contribution in [1.82, 2.24) is 4.57 Å². The summed E-state index contributed by atoms with van der Waals surface area (Å²) < 4.78 is 2.75. The Morgan fingerprint density at radius 1 is 1.11 bits per heavy atom. The monoisotopic (exact) mass is 412 g/mol. The van der Waals surface area contributed by atoms with E-state index in [1.807, 2.05) is 18.2 Å². The molecule has 136 valence electrons. The summed E-state index contributed by atoms with van der Waals surface area (Å²) in [5.74, 6) is -0.103. The second-order valence-corrected chi connectivity index (χ2v) is 8.71. The van der Waals surface area contributed by atoms with E-state index < -0.39 is 0 Å². The van der Waals surface area contributed by atoms with Crippen LogP contribution in [0.3, 0.4) is 0 Å². The Kier molecular flexibility index (Phi) is 4.84. The van der Waals surface area contributed by atoms with Gasteiger partial charge >= 0.3 is 0 Å². The van der Waals surface area contributed by atoms with E-state index in [2.05, 4.69) is 36.7 Å². The molecule has 1 aromatic heterocycles. The normalized spacial score (nSPS) is 16.3. The summed E-state index contributed by atoms with van der Waals surface area (Å²) >= 11 is 12.7. The smallest absolute Gasteiger partial charge is 0.270 e. The third-order valence-corrected chi connectivity index (χ3v) is 6.05. The van der Waals surface area contributed by atoms with E-state index >= 15 is 0 Å². The molecule has 3 aromatic rings. The molecule has 0 spiro atoms. The summed E-state index contributed by atoms with van der Waals surface area (Å²) in [6.07, 6.45) is 4.04. The predicted octanol–water partition coefficient (Wildman–Crippen LogP) is 6.28. The fourth-order valence-corrected chi connectivity index (χ4v) is 4.61. The lowest BCUT2D eigenvalue weighted by Gasteiger charge is -2.14. The zero-order chi connectivity index (χ0) is 19.1. The van der Waals surface area contributed by atoms with Crippen LogP contribution >= 0.6 is 35.6 Å². The van der Waals surface area contributed by atoms with Crippen molar-refractivity contribution in [3.63, 3.8) is 0 Å². The van der Waals surface area contributed by atoms with Crippen LogP contribution in [0.5, 0.6) is 0 Å². The van der Waals surface area contributed by atoms with Gasteiger partial charge in [-0.1, -0.05) is 53.8 Å². The van der Waals surface area contributed by atoms with Crippen molar-refractivity contribution in [1.29, 1.82) is 0 Å². The fraction of sp³-hybridized carbons (Fsp3) is 0.143. The number of aromatic nitrogens is 1. The van der Waals surface area contributed by atoms with Crippen LogP contribution in [-0.2, 0) is 4.79 Å². The van der Waals surface area contributed by atoms with Crippen molar-refractivity contribution < 1.29 is 4.79 Å². The third-order valence-electron chi connectivity index (χ3n) is 4.49. The van der Waals surface area contributed by atoms with Gasteiger partial charge in [0.1, 0.15) is 0 Å². The van der Waals surface area contributed by atoms with Gasteiger partial charge in [-0.3, -0.25) is 9.69 Å². The Bertz CT molecular complexity index is 1080. The molecule has 3 nitrogen and oxygen atoms in total. The van der Waals surface area contributed by atoms with Crippen molar-refractivity contribution in [2.45, 2.75) is 19.9 Å². The highest BCUT2D eigenvalue weighted by Gasteiger charge is 2.33. The number of halogens is 1. The summed E-state index contributed by atoms with van der Waals surface area (Å²) in [6.45, 7) is 4.30. The molecule has 1 saturated heterocycles. The van der Waals surface area contributed by atoms with Gasteiger partial charge in [0.15, 0.2) is 4.32 Å². The number of carbonyl (C=O) groups excluding carboxylic acids is 1. The molecular weight excluding hydrogens is 396 g/mol. The summed E-state index contributed by atoms with van der Waals surface area (Å²) in [4.78, 5) is 15.2. The van der Waals surface area contributed by atoms with Crippen LogP contribution in [0, 0.1) is 0 Å². The number of hydrogen-bond acceptors (Lipinski definition) is 3. The molecule has 0 unspecified atom stereocenters. The molecule has 0 bridgehead atoms. The number of benzene rings is 2. The Morgan fingerprint density at radius 2 is 1.81 bits per heavy atom. The van der Waals surface area contributed by atoms with Crippen LogP contribution in [0.4, 0.5) is 5.69 Å². The molecule has 0 N–H and O–H groups in total. The largest absolute Gasteiger partial charge is 0.344 e. The number of thiocarbonyl (C=S) groups is 1. The molecule has 0 aliphatic carbocycles. The standard InChI is InChI=1S/C21H17ClN2OS2/c1-13(2)23-12-14(17-5-3-4-6-18(17)23)11-19-20(25)24(21(26)27-19)16-9-7-15(22)8-10-16/h3-13H,1-2H3/b19-11-. The minimum atomic E-state index is -0.103. The Balaban J connectivity index is 1.75. The number of rotatable bonds is 3. The van der Waals surface area contributed by atoms with Gasteiger partial charge in [-0.05, 0) is 50.3 Å². The molecule has 0 saturated carbocycles. The number of carbonyl (C=O) groups is 1. The van der Waals surface area contributed by atoms with E-state index in [0.29, 0.717) is 20.3 Å². The lowest BCUT2D eigenvalue weighted by atomic mass is 10.1. The first kappa shape index (κ1) is 18.3. The van der Waals surface area contributed by atoms with Crippen LogP contribution in [0.2, 0.25) is 5.02 Å². The van der Waals surface area contributed by atoms with E-state index in [4.69, 9.17) is 23.8 Å². The van der Waals surface area contributed by atoms with Crippen LogP contribution < -0.4 is 4.90 Å². The van der Waals surface area contributed by atoms with Crippen LogP contribution in [0.25, 0.3) is 17.0 Å². The number of hydrogen-bond donors (Lipinski definition) is 0. The van der Waals surface area contributed by atoms with Gasteiger partial charge in [-0.25, -0.2) is 0 Å². The SMILES string of the molecule is CC(C)n1cc(/C=C2\SC(=S)N(c3ccc(Cl)cc3)C2=O)c2ccccc21. The van der Waals surface area contributed by atoms with Crippen LogP contribution in [-0.4, -0.2) is 14.8 Å². The highest BCUT2D eigenvalue weighted by molar-refractivity contribution is 8.27. The maximum atomic E-state index is 13.0. The van der Waals surface area contributed by atoms with Gasteiger partial charge in [0.25, 0.3) is 5.91 Å². The van der Waals surface area contributed by atoms with E-state index in [-0.39, 0.29) is 5.91 Å². The van der Waals surface area contributed by atoms with Crippen molar-refractivity contribution in [2.24, 2.45) is 0 Å². The average molecular weight is 413 g/mol. The van der Waals surface area contributed by atoms with E-state index in [1.54, 1.807) is 29.2 Å². The molecule has 1 fully saturated rings. The number of amides is 1. The molecule has 1 amide bonds. The van der Waals surface area contributed by atoms with Gasteiger partial charge in [0, 0.05) is 33.7 Å². The van der Waals surface area contributed by atoms with E-state index in [0.717, 1.165) is 22.2 Å². The maximum Gasteiger partial charge on any atom is 0.270 e. The number of fused-ring (bicyclic) bond motifs is 1. The number of nitrogens with zero attached hydrogens (tertiary/aromatic N) is 2. The summed E-state index contributed by atoms with van der Waals surface area (Å²) in [7, 11) is 0. The molecule has 0 radical (unpaired) electrons. The first-order chi connectivity index (χ1) is 13.0. The lowest BCUT2D eigenvalue weighted by Crippen LogP contribution is -2.27. The topological polar surface area (TPSA) is 25.2 Å². The first-order valence-electron chi connectivity index (χ1n) is 8.59. The molecule has 4 rings (SSSR count). The molecule has 6 heteroatoms. The van der Waals surface area contributed by atoms with Gasteiger partial charge < -0.3 is 4.57 Å². The Hall–Kier alpha value is -2.08. The molecular formula is C21H17ClN2OS2. The van der Waals surface area contributed by atoms with E-state index in [1.165, 1.54) is 11.8 Å². The zero-order valence-corrected chi connectivity index (χ0v) is 17.2. The Morgan fingerprint density at radius 3 is 2.52 bits per heavy atom. The molecule has 1 aliphatic rings. The number of para-hydroxylation sites is 1. The minimum absolute atomic E-state index is 0.103. The summed E-state index contributed by atoms with van der Waals surface area (Å²) in [5, 5.41) is 1.75. The zero-order valence-electron chi connectivity index (χ0n) is 14.8. The highest BCUT2D eigenvalue weighted by atomic mass is 35.5. The quantitative estimate of drug-likeness (QED) is 0.373. The number of anilines is 1. The molecule has 27 heavy (non-hydrogen) atoms. The van der Waals surface area contributed by atoms with Gasteiger partial charge in [-0.15, -0.1) is 0 Å². The molecule has 2 aromatic carbocycles. The second-order valence-electron chi connectivity index (χ2n) is 6.60. The average Bonchev–Trinajstić information content (AvgIpc) is 3.15. The molecule has 0 atom stereocenters. The van der Waals surface area contributed by atoms with Gasteiger partial charge in [-0.2, -0.15) is 0 Å². The maximum absolute atomic E-state index is 13.0. The second kappa shape index (κ2) is 7.15. The summed E-state index contributed by atoms with van der Waals surface area (Å²) in [5.41, 5.74) is 2.91. The van der Waals surface area contributed by atoms with Gasteiger partial charge in [0.2, 0.25) is 0 Å². The van der Waals surface area contributed by atoms with Crippen molar-refractivity contribution in [3.05, 3.63) is 70.2 Å². The van der Waals surface area contributed by atoms with Crippen molar-refractivity contribution >= 4 is 68.5 Å². The third kappa shape index (κ3) is 3.31. The van der Waals surface area contributed by atoms with Crippen molar-refractivity contribution in [2.75, 3.05) is 4.90 Å². The van der Waals surface area contributed by atoms with Crippen LogP contribution in [0.15, 0.2) is 59.6 Å². The highest BCUT2D eigenvalue weighted by Crippen LogP contribution is 2.37. The van der Waals surface area contributed by atoms with E-state index in [9.17, 15) is 4.79 Å². The van der Waals surface area contributed by atoms with Crippen molar-refractivity contribution in [3.8, 4) is 0 Å². The van der Waals surface area contributed by atoms with Crippen LogP contribution in [0.1, 0.15) is 25.5 Å². The fourth-order valence-electron chi connectivity index (χ4n) is 3.20. The number of thioether (sulfide) groups is 1. The molecule has 1 aliphatic heterocycles. The Labute approximate surface area is 172 Å². The predicted molar refractivity (Wildman–Crippen MR) is 119 cm³/mol. The molecule has 2 heterocycles. The summed E-state index contributed by atoms with van der Waals surface area (Å²) in [6, 6.07) is 15.7. The van der Waals surface area contributed by atoms with Gasteiger partial charge in [0.05, 0.1) is 10.6 Å². The lowest BCUT2D eigenvalue weighted by molar-refractivity contribution is -0.113.